The van der Waals surface area contributed by atoms with Crippen LogP contribution in [0.25, 0.3) is 0 Å². The number of ether oxygens (including phenoxy) is 1. The monoisotopic (exact) mass is 324 g/mol. The number of nitrogens with zero attached hydrogens (tertiary/aromatic N) is 1. The molecule has 0 spiro atoms. The lowest BCUT2D eigenvalue weighted by Crippen LogP contribution is -2.20. The Balaban J connectivity index is 2.34. The topological polar surface area (TPSA) is 34.1 Å². The van der Waals surface area contributed by atoms with Crippen LogP contribution in [0.1, 0.15) is 53.2 Å². The normalized spacial score (nSPS) is 11.6. The minimum absolute atomic E-state index is 0.117. The molecule has 1 N–H and O–H groups in total. The second kappa shape index (κ2) is 11.0. The summed E-state index contributed by atoms with van der Waals surface area (Å²) in [6.45, 7) is 14.3. The van der Waals surface area contributed by atoms with E-state index in [1.807, 2.05) is 12.3 Å². The fourth-order valence-electron chi connectivity index (χ4n) is 2.51. The van der Waals surface area contributed by atoms with Crippen LogP contribution in [0, 0.1) is 0 Å². The van der Waals surface area contributed by atoms with Crippen LogP contribution in [0.2, 0.25) is 0 Å². The van der Waals surface area contributed by atoms with Gasteiger partial charge in [0.15, 0.2) is 0 Å². The highest BCUT2D eigenvalue weighted by Gasteiger charge is 2.15. The van der Waals surface area contributed by atoms with Crippen LogP contribution >= 0.6 is 7.92 Å². The zero-order valence-corrected chi connectivity index (χ0v) is 15.8. The van der Waals surface area contributed by atoms with Crippen LogP contribution in [0.4, 0.5) is 0 Å². The van der Waals surface area contributed by atoms with E-state index >= 15 is 0 Å². The molecule has 0 bridgehead atoms. The molecule has 0 unspecified atom stereocenters. The van der Waals surface area contributed by atoms with Crippen LogP contribution in [0.5, 0.6) is 5.75 Å². The largest absolute Gasteiger partial charge is 0.493 e. The van der Waals surface area contributed by atoms with E-state index in [0.717, 1.165) is 55.3 Å². The van der Waals surface area contributed by atoms with Crippen LogP contribution < -0.4 is 10.1 Å². The van der Waals surface area contributed by atoms with Crippen LogP contribution in [0.15, 0.2) is 18.3 Å². The van der Waals surface area contributed by atoms with Crippen molar-refractivity contribution < 1.29 is 4.74 Å². The third-order valence-electron chi connectivity index (χ3n) is 3.73. The van der Waals surface area contributed by atoms with Crippen molar-refractivity contribution in [2.45, 2.75) is 65.3 Å². The number of rotatable bonds is 11. The maximum Gasteiger partial charge on any atom is 0.122 e. The molecule has 1 aromatic heterocycles. The predicted octanol–water partition coefficient (Wildman–Crippen LogP) is 4.65. The van der Waals surface area contributed by atoms with E-state index in [0.29, 0.717) is 0 Å². The smallest absolute Gasteiger partial charge is 0.122 e. The van der Waals surface area contributed by atoms with E-state index in [1.165, 1.54) is 6.16 Å². The molecule has 0 radical (unpaired) electrons. The van der Waals surface area contributed by atoms with Crippen molar-refractivity contribution in [2.24, 2.45) is 0 Å². The summed E-state index contributed by atoms with van der Waals surface area (Å²) in [7, 11) is 0.117. The SMILES string of the molecule is CCCCOc1ccnc(CNCCP(C(C)C)C(C)C)c1. The molecule has 1 heterocycles. The van der Waals surface area contributed by atoms with Gasteiger partial charge in [0.05, 0.1) is 12.3 Å². The van der Waals surface area contributed by atoms with E-state index in [2.05, 4.69) is 51.0 Å². The van der Waals surface area contributed by atoms with Gasteiger partial charge in [0.25, 0.3) is 0 Å². The van der Waals surface area contributed by atoms with E-state index in [1.54, 1.807) is 0 Å². The summed E-state index contributed by atoms with van der Waals surface area (Å²) >= 11 is 0. The Labute approximate surface area is 138 Å². The maximum atomic E-state index is 5.73. The minimum atomic E-state index is 0.117. The molecular formula is C18H33N2OP. The van der Waals surface area contributed by atoms with E-state index in [9.17, 15) is 0 Å². The van der Waals surface area contributed by atoms with Gasteiger partial charge >= 0.3 is 0 Å². The van der Waals surface area contributed by atoms with Gasteiger partial charge in [0.2, 0.25) is 0 Å². The number of hydrogen-bond acceptors (Lipinski definition) is 3. The Morgan fingerprint density at radius 3 is 2.59 bits per heavy atom. The van der Waals surface area contributed by atoms with Crippen LogP contribution in [0.3, 0.4) is 0 Å². The summed E-state index contributed by atoms with van der Waals surface area (Å²) in [5.41, 5.74) is 2.68. The highest BCUT2D eigenvalue weighted by Crippen LogP contribution is 2.45. The summed E-state index contributed by atoms with van der Waals surface area (Å²) in [5, 5.41) is 3.53. The van der Waals surface area contributed by atoms with Gasteiger partial charge in [-0.15, -0.1) is 7.92 Å². The molecule has 0 aliphatic rings. The average Bonchev–Trinajstić information content (AvgIpc) is 2.47. The lowest BCUT2D eigenvalue weighted by Gasteiger charge is -2.25. The summed E-state index contributed by atoms with van der Waals surface area (Å²) in [6, 6.07) is 3.99. The molecule has 0 aliphatic carbocycles. The van der Waals surface area contributed by atoms with Crippen LogP contribution in [-0.2, 0) is 6.54 Å². The number of nitrogens with one attached hydrogen (secondary N) is 1. The zero-order valence-electron chi connectivity index (χ0n) is 14.9. The van der Waals surface area contributed by atoms with Gasteiger partial charge in [-0.25, -0.2) is 0 Å². The molecule has 3 nitrogen and oxygen atoms in total. The fourth-order valence-corrected chi connectivity index (χ4v) is 5.16. The second-order valence-electron chi connectivity index (χ2n) is 6.29. The second-order valence-corrected chi connectivity index (χ2v) is 9.83. The first kappa shape index (κ1) is 19.4. The van der Waals surface area contributed by atoms with Gasteiger partial charge in [0, 0.05) is 18.8 Å². The van der Waals surface area contributed by atoms with Crippen molar-refractivity contribution in [1.29, 1.82) is 0 Å². The summed E-state index contributed by atoms with van der Waals surface area (Å²) in [5.74, 6) is 0.937. The van der Waals surface area contributed by atoms with Gasteiger partial charge in [0.1, 0.15) is 5.75 Å². The summed E-state index contributed by atoms with van der Waals surface area (Å²) in [6.07, 6.45) is 5.39. The highest BCUT2D eigenvalue weighted by atomic mass is 31.1. The van der Waals surface area contributed by atoms with Crippen molar-refractivity contribution in [2.75, 3.05) is 19.3 Å². The molecule has 126 valence electrons. The predicted molar refractivity (Wildman–Crippen MR) is 98.4 cm³/mol. The summed E-state index contributed by atoms with van der Waals surface area (Å²) in [4.78, 5) is 4.42. The number of aromatic nitrogens is 1. The number of pyridine rings is 1. The lowest BCUT2D eigenvalue weighted by molar-refractivity contribution is 0.308. The van der Waals surface area contributed by atoms with Crippen molar-refractivity contribution in [3.8, 4) is 5.75 Å². The molecule has 0 atom stereocenters. The first-order valence-electron chi connectivity index (χ1n) is 8.58. The Morgan fingerprint density at radius 2 is 1.95 bits per heavy atom. The molecule has 4 heteroatoms. The van der Waals surface area contributed by atoms with E-state index in [4.69, 9.17) is 4.74 Å². The highest BCUT2D eigenvalue weighted by molar-refractivity contribution is 7.59. The molecule has 0 aromatic carbocycles. The molecule has 22 heavy (non-hydrogen) atoms. The quantitative estimate of drug-likeness (QED) is 0.475. The molecule has 0 saturated carbocycles. The number of unbranched alkanes of at least 4 members (excludes halogenated alkanes) is 1. The number of hydrogen-bond donors (Lipinski definition) is 1. The van der Waals surface area contributed by atoms with Gasteiger partial charge in [-0.3, -0.25) is 4.98 Å². The Hall–Kier alpha value is -0.660. The lowest BCUT2D eigenvalue weighted by atomic mass is 10.3. The zero-order chi connectivity index (χ0) is 16.4. The van der Waals surface area contributed by atoms with E-state index < -0.39 is 0 Å². The van der Waals surface area contributed by atoms with Gasteiger partial charge in [-0.1, -0.05) is 41.0 Å². The standard InChI is InChI=1S/C18H33N2OP/c1-6-7-11-21-18-8-9-20-17(13-18)14-19-10-12-22(15(2)3)16(4)5/h8-9,13,15-16,19H,6-7,10-12,14H2,1-5H3. The first-order chi connectivity index (χ1) is 10.5. The summed E-state index contributed by atoms with van der Waals surface area (Å²) < 4.78 is 5.73. The van der Waals surface area contributed by atoms with Crippen molar-refractivity contribution in [3.63, 3.8) is 0 Å². The molecule has 0 amide bonds. The van der Waals surface area contributed by atoms with Crippen LogP contribution in [-0.4, -0.2) is 35.6 Å². The van der Waals surface area contributed by atoms with Crippen molar-refractivity contribution >= 4 is 7.92 Å². The van der Waals surface area contributed by atoms with Gasteiger partial charge in [-0.2, -0.15) is 0 Å². The molecule has 1 rings (SSSR count). The van der Waals surface area contributed by atoms with Crippen molar-refractivity contribution in [1.82, 2.24) is 10.3 Å². The Bertz CT molecular complexity index is 402. The van der Waals surface area contributed by atoms with Gasteiger partial charge in [-0.05, 0) is 36.5 Å². The van der Waals surface area contributed by atoms with Gasteiger partial charge < -0.3 is 10.1 Å². The molecule has 0 fully saturated rings. The minimum Gasteiger partial charge on any atom is -0.493 e. The van der Waals surface area contributed by atoms with E-state index in [-0.39, 0.29) is 7.92 Å². The Morgan fingerprint density at radius 1 is 1.23 bits per heavy atom. The third-order valence-corrected chi connectivity index (χ3v) is 7.13. The fraction of sp³-hybridized carbons (Fsp3) is 0.722. The molecule has 0 saturated heterocycles. The van der Waals surface area contributed by atoms with Crippen molar-refractivity contribution in [3.05, 3.63) is 24.0 Å². The third kappa shape index (κ3) is 7.56. The molecule has 1 aromatic rings. The molecular weight excluding hydrogens is 291 g/mol. The maximum absolute atomic E-state index is 5.73. The average molecular weight is 324 g/mol. The Kier molecular flexibility index (Phi) is 9.66. The first-order valence-corrected chi connectivity index (χ1v) is 10.2. The molecule has 0 aliphatic heterocycles.